The highest BCUT2D eigenvalue weighted by molar-refractivity contribution is 5.41. The fourth-order valence-corrected chi connectivity index (χ4v) is 2.83. The van der Waals surface area contributed by atoms with Crippen LogP contribution in [0.25, 0.3) is 0 Å². The number of rotatable bonds is 5. The molecule has 0 amide bonds. The van der Waals surface area contributed by atoms with E-state index in [0.717, 1.165) is 31.7 Å². The van der Waals surface area contributed by atoms with Gasteiger partial charge in [-0.05, 0) is 39.2 Å². The fourth-order valence-electron chi connectivity index (χ4n) is 2.83. The molecular formula is C16H27N3O. The first-order chi connectivity index (χ1) is 9.60. The Morgan fingerprint density at radius 3 is 2.60 bits per heavy atom. The summed E-state index contributed by atoms with van der Waals surface area (Å²) < 4.78 is 1.80. The van der Waals surface area contributed by atoms with E-state index in [4.69, 9.17) is 0 Å². The van der Waals surface area contributed by atoms with Crippen molar-refractivity contribution in [1.82, 2.24) is 9.47 Å². The number of likely N-dealkylation sites (tertiary alicyclic amines) is 1. The molecule has 1 aliphatic rings. The van der Waals surface area contributed by atoms with E-state index in [0.29, 0.717) is 12.1 Å². The summed E-state index contributed by atoms with van der Waals surface area (Å²) in [4.78, 5) is 14.2. The number of pyridine rings is 1. The number of aromatic nitrogens is 1. The number of hydrogen-bond acceptors (Lipinski definition) is 3. The van der Waals surface area contributed by atoms with Crippen molar-refractivity contribution in [3.05, 3.63) is 28.7 Å². The third-order valence-corrected chi connectivity index (χ3v) is 4.08. The van der Waals surface area contributed by atoms with Crippen molar-refractivity contribution in [2.45, 2.75) is 58.7 Å². The summed E-state index contributed by atoms with van der Waals surface area (Å²) in [5.41, 5.74) is 1.16. The lowest BCUT2D eigenvalue weighted by molar-refractivity contribution is 0.177. The number of piperidine rings is 1. The number of nitrogens with zero attached hydrogens (tertiary/aromatic N) is 2. The average Bonchev–Trinajstić information content (AvgIpc) is 2.43. The Labute approximate surface area is 121 Å². The quantitative estimate of drug-likeness (QED) is 0.898. The minimum atomic E-state index is 0.0898. The first kappa shape index (κ1) is 15.1. The number of aryl methyl sites for hydroxylation is 1. The van der Waals surface area contributed by atoms with Gasteiger partial charge in [-0.15, -0.1) is 0 Å². The highest BCUT2D eigenvalue weighted by Gasteiger charge is 2.20. The first-order valence-electron chi connectivity index (χ1n) is 7.81. The van der Waals surface area contributed by atoms with Crippen molar-refractivity contribution in [3.63, 3.8) is 0 Å². The molecular weight excluding hydrogens is 250 g/mol. The molecule has 0 radical (unpaired) electrons. The summed E-state index contributed by atoms with van der Waals surface area (Å²) >= 11 is 0. The molecule has 0 saturated carbocycles. The van der Waals surface area contributed by atoms with E-state index in [-0.39, 0.29) is 5.56 Å². The van der Waals surface area contributed by atoms with Crippen LogP contribution in [0.15, 0.2) is 23.1 Å². The lowest BCUT2D eigenvalue weighted by Crippen LogP contribution is -2.42. The van der Waals surface area contributed by atoms with Crippen molar-refractivity contribution in [2.75, 3.05) is 18.4 Å². The molecule has 4 nitrogen and oxygen atoms in total. The standard InChI is InChI=1S/C16H27N3O/c1-4-9-19-12-15(5-6-16(19)20)17-14-7-10-18(11-8-14)13(2)3/h5-6,12-14,17H,4,7-11H2,1-3H3. The second-order valence-corrected chi connectivity index (χ2v) is 6.00. The smallest absolute Gasteiger partial charge is 0.250 e. The van der Waals surface area contributed by atoms with Gasteiger partial charge in [-0.1, -0.05) is 6.92 Å². The van der Waals surface area contributed by atoms with E-state index in [9.17, 15) is 4.79 Å². The second-order valence-electron chi connectivity index (χ2n) is 6.00. The van der Waals surface area contributed by atoms with Crippen molar-refractivity contribution in [1.29, 1.82) is 0 Å². The van der Waals surface area contributed by atoms with Gasteiger partial charge >= 0.3 is 0 Å². The molecule has 4 heteroatoms. The molecule has 0 bridgehead atoms. The average molecular weight is 277 g/mol. The molecule has 2 heterocycles. The van der Waals surface area contributed by atoms with E-state index in [1.165, 1.54) is 12.8 Å². The van der Waals surface area contributed by atoms with Gasteiger partial charge in [0.25, 0.3) is 5.56 Å². The van der Waals surface area contributed by atoms with E-state index in [1.54, 1.807) is 10.6 Å². The summed E-state index contributed by atoms with van der Waals surface area (Å²) in [6.07, 6.45) is 5.28. The molecule has 1 fully saturated rings. The molecule has 1 N–H and O–H groups in total. The maximum Gasteiger partial charge on any atom is 0.250 e. The van der Waals surface area contributed by atoms with E-state index >= 15 is 0 Å². The monoisotopic (exact) mass is 277 g/mol. The SMILES string of the molecule is CCCn1cc(NC2CCN(C(C)C)CC2)ccc1=O. The Hall–Kier alpha value is -1.29. The van der Waals surface area contributed by atoms with Gasteiger partial charge in [0, 0.05) is 44.0 Å². The fraction of sp³-hybridized carbons (Fsp3) is 0.688. The molecule has 112 valence electrons. The van der Waals surface area contributed by atoms with E-state index in [1.807, 2.05) is 12.3 Å². The molecule has 2 rings (SSSR count). The molecule has 1 saturated heterocycles. The molecule has 0 spiro atoms. The van der Waals surface area contributed by atoms with Crippen molar-refractivity contribution >= 4 is 5.69 Å². The van der Waals surface area contributed by atoms with Crippen molar-refractivity contribution in [2.24, 2.45) is 0 Å². The zero-order chi connectivity index (χ0) is 14.5. The first-order valence-corrected chi connectivity index (χ1v) is 7.81. The van der Waals surface area contributed by atoms with Gasteiger partial charge in [0.2, 0.25) is 0 Å². The van der Waals surface area contributed by atoms with Crippen molar-refractivity contribution < 1.29 is 0 Å². The Morgan fingerprint density at radius 1 is 1.30 bits per heavy atom. The molecule has 0 unspecified atom stereocenters. The molecule has 0 aliphatic carbocycles. The number of hydrogen-bond donors (Lipinski definition) is 1. The van der Waals surface area contributed by atoms with E-state index < -0.39 is 0 Å². The molecule has 1 aliphatic heterocycles. The molecule has 20 heavy (non-hydrogen) atoms. The largest absolute Gasteiger partial charge is 0.381 e. The van der Waals surface area contributed by atoms with Gasteiger partial charge in [-0.3, -0.25) is 4.79 Å². The van der Waals surface area contributed by atoms with Crippen LogP contribution in [-0.2, 0) is 6.54 Å². The molecule has 1 aromatic heterocycles. The number of anilines is 1. The van der Waals surface area contributed by atoms with Gasteiger partial charge in [0.1, 0.15) is 0 Å². The van der Waals surface area contributed by atoms with Crippen LogP contribution in [0.5, 0.6) is 0 Å². The Bertz CT molecular complexity index is 473. The third-order valence-electron chi connectivity index (χ3n) is 4.08. The van der Waals surface area contributed by atoms with Gasteiger partial charge in [-0.2, -0.15) is 0 Å². The van der Waals surface area contributed by atoms with E-state index in [2.05, 4.69) is 31.0 Å². The lowest BCUT2D eigenvalue weighted by atomic mass is 10.0. The third kappa shape index (κ3) is 3.85. The minimum Gasteiger partial charge on any atom is -0.381 e. The molecule has 0 atom stereocenters. The summed E-state index contributed by atoms with van der Waals surface area (Å²) in [5, 5.41) is 3.58. The Balaban J connectivity index is 1.94. The van der Waals surface area contributed by atoms with Crippen LogP contribution in [0.3, 0.4) is 0 Å². The van der Waals surface area contributed by atoms with Gasteiger partial charge in [-0.25, -0.2) is 0 Å². The summed E-state index contributed by atoms with van der Waals surface area (Å²) in [5.74, 6) is 0. The molecule has 1 aromatic rings. The van der Waals surface area contributed by atoms with Gasteiger partial charge in [0.05, 0.1) is 5.69 Å². The minimum absolute atomic E-state index is 0.0898. The predicted octanol–water partition coefficient (Wildman–Crippen LogP) is 2.54. The zero-order valence-corrected chi connectivity index (χ0v) is 12.9. The summed E-state index contributed by atoms with van der Waals surface area (Å²) in [6.45, 7) is 9.71. The van der Waals surface area contributed by atoms with Crippen LogP contribution in [-0.4, -0.2) is 34.6 Å². The van der Waals surface area contributed by atoms with Crippen LogP contribution in [0.4, 0.5) is 5.69 Å². The predicted molar refractivity (Wildman–Crippen MR) is 84.3 cm³/mol. The van der Waals surface area contributed by atoms with Crippen molar-refractivity contribution in [3.8, 4) is 0 Å². The van der Waals surface area contributed by atoms with Crippen LogP contribution in [0.2, 0.25) is 0 Å². The topological polar surface area (TPSA) is 37.3 Å². The Morgan fingerprint density at radius 2 is 2.00 bits per heavy atom. The second kappa shape index (κ2) is 6.93. The van der Waals surface area contributed by atoms with Crippen LogP contribution in [0.1, 0.15) is 40.0 Å². The Kier molecular flexibility index (Phi) is 5.24. The summed E-state index contributed by atoms with van der Waals surface area (Å²) in [7, 11) is 0. The highest BCUT2D eigenvalue weighted by atomic mass is 16.1. The van der Waals surface area contributed by atoms with Crippen LogP contribution in [0, 0.1) is 0 Å². The molecule has 0 aromatic carbocycles. The van der Waals surface area contributed by atoms with Crippen LogP contribution >= 0.6 is 0 Å². The van der Waals surface area contributed by atoms with Gasteiger partial charge in [0.15, 0.2) is 0 Å². The lowest BCUT2D eigenvalue weighted by Gasteiger charge is -2.35. The summed E-state index contributed by atoms with van der Waals surface area (Å²) in [6, 6.07) is 4.74. The maximum absolute atomic E-state index is 11.7. The maximum atomic E-state index is 11.7. The van der Waals surface area contributed by atoms with Gasteiger partial charge < -0.3 is 14.8 Å². The number of nitrogens with one attached hydrogen (secondary N) is 1. The normalized spacial score (nSPS) is 17.6. The highest BCUT2D eigenvalue weighted by Crippen LogP contribution is 2.17. The zero-order valence-electron chi connectivity index (χ0n) is 12.9. The van der Waals surface area contributed by atoms with Crippen LogP contribution < -0.4 is 10.9 Å².